The standard InChI is InChI=1S/C20H25BrFNO3/c1-4-25-18-9-15(11-23-20(2,3)13-24)16(21)10-19(18)26-12-14-7-5-6-8-17(14)22/h5-10,23-24H,4,11-13H2,1-3H3. The molecule has 0 aliphatic heterocycles. The molecule has 0 fully saturated rings. The number of ether oxygens (including phenoxy) is 2. The second-order valence-corrected chi connectivity index (χ2v) is 7.45. The maximum absolute atomic E-state index is 13.8. The molecule has 2 N–H and O–H groups in total. The van der Waals surface area contributed by atoms with E-state index >= 15 is 0 Å². The highest BCUT2D eigenvalue weighted by molar-refractivity contribution is 9.10. The van der Waals surface area contributed by atoms with Gasteiger partial charge < -0.3 is 19.9 Å². The van der Waals surface area contributed by atoms with E-state index in [-0.39, 0.29) is 24.6 Å². The molecule has 0 aliphatic carbocycles. The smallest absolute Gasteiger partial charge is 0.162 e. The Morgan fingerprint density at radius 2 is 1.81 bits per heavy atom. The van der Waals surface area contributed by atoms with Crippen LogP contribution >= 0.6 is 15.9 Å². The molecule has 26 heavy (non-hydrogen) atoms. The first kappa shape index (κ1) is 20.7. The molecule has 4 nitrogen and oxygen atoms in total. The lowest BCUT2D eigenvalue weighted by Gasteiger charge is -2.24. The van der Waals surface area contributed by atoms with Crippen molar-refractivity contribution >= 4 is 15.9 Å². The Balaban J connectivity index is 2.18. The molecule has 0 radical (unpaired) electrons. The molecule has 2 rings (SSSR count). The zero-order valence-electron chi connectivity index (χ0n) is 15.3. The second-order valence-electron chi connectivity index (χ2n) is 6.60. The number of halogens is 2. The van der Waals surface area contributed by atoms with E-state index in [2.05, 4.69) is 21.2 Å². The van der Waals surface area contributed by atoms with Crippen molar-refractivity contribution in [2.45, 2.75) is 39.5 Å². The van der Waals surface area contributed by atoms with Gasteiger partial charge in [-0.05, 0) is 44.5 Å². The van der Waals surface area contributed by atoms with Gasteiger partial charge in [-0.15, -0.1) is 0 Å². The van der Waals surface area contributed by atoms with Gasteiger partial charge in [0.2, 0.25) is 0 Å². The van der Waals surface area contributed by atoms with E-state index in [4.69, 9.17) is 9.47 Å². The van der Waals surface area contributed by atoms with Gasteiger partial charge in [-0.3, -0.25) is 0 Å². The summed E-state index contributed by atoms with van der Waals surface area (Å²) in [4.78, 5) is 0. The van der Waals surface area contributed by atoms with Gasteiger partial charge in [-0.1, -0.05) is 34.1 Å². The number of aliphatic hydroxyl groups is 1. The fourth-order valence-electron chi connectivity index (χ4n) is 2.26. The topological polar surface area (TPSA) is 50.7 Å². The summed E-state index contributed by atoms with van der Waals surface area (Å²) < 4.78 is 26.1. The lowest BCUT2D eigenvalue weighted by molar-refractivity contribution is 0.187. The zero-order chi connectivity index (χ0) is 19.2. The number of hydrogen-bond donors (Lipinski definition) is 2. The lowest BCUT2D eigenvalue weighted by Crippen LogP contribution is -2.42. The van der Waals surface area contributed by atoms with E-state index in [9.17, 15) is 9.50 Å². The summed E-state index contributed by atoms with van der Waals surface area (Å²) >= 11 is 3.55. The van der Waals surface area contributed by atoms with E-state index in [1.165, 1.54) is 6.07 Å². The molecule has 0 saturated carbocycles. The summed E-state index contributed by atoms with van der Waals surface area (Å²) in [6, 6.07) is 10.3. The van der Waals surface area contributed by atoms with Crippen LogP contribution in [0.1, 0.15) is 31.9 Å². The van der Waals surface area contributed by atoms with Gasteiger partial charge in [0.15, 0.2) is 11.5 Å². The molecule has 0 aromatic heterocycles. The van der Waals surface area contributed by atoms with Crippen molar-refractivity contribution in [2.24, 2.45) is 0 Å². The molecule has 2 aromatic carbocycles. The predicted molar refractivity (Wildman–Crippen MR) is 104 cm³/mol. The third-order valence-corrected chi connectivity index (χ3v) is 4.64. The third kappa shape index (κ3) is 5.69. The summed E-state index contributed by atoms with van der Waals surface area (Å²) in [5.74, 6) is 0.856. The van der Waals surface area contributed by atoms with E-state index in [1.807, 2.05) is 32.9 Å². The molecular weight excluding hydrogens is 401 g/mol. The van der Waals surface area contributed by atoms with Crippen LogP contribution in [0.3, 0.4) is 0 Å². The molecular formula is C20H25BrFNO3. The summed E-state index contributed by atoms with van der Waals surface area (Å²) in [6.45, 7) is 6.96. The number of rotatable bonds is 9. The number of hydrogen-bond acceptors (Lipinski definition) is 4. The Kier molecular flexibility index (Phi) is 7.43. The summed E-state index contributed by atoms with van der Waals surface area (Å²) in [5.41, 5.74) is 1.08. The van der Waals surface area contributed by atoms with E-state index in [1.54, 1.807) is 18.2 Å². The molecule has 2 aromatic rings. The molecule has 6 heteroatoms. The Morgan fingerprint density at radius 1 is 1.12 bits per heavy atom. The average molecular weight is 426 g/mol. The Labute approximate surface area is 162 Å². The molecule has 0 heterocycles. The minimum atomic E-state index is -0.384. The van der Waals surface area contributed by atoms with E-state index < -0.39 is 0 Å². The van der Waals surface area contributed by atoms with Gasteiger partial charge >= 0.3 is 0 Å². The lowest BCUT2D eigenvalue weighted by atomic mass is 10.1. The summed E-state index contributed by atoms with van der Waals surface area (Å²) in [6.07, 6.45) is 0. The minimum Gasteiger partial charge on any atom is -0.490 e. The predicted octanol–water partition coefficient (Wildman–Crippen LogP) is 4.43. The van der Waals surface area contributed by atoms with Gasteiger partial charge in [0, 0.05) is 22.1 Å². The number of aliphatic hydroxyl groups excluding tert-OH is 1. The highest BCUT2D eigenvalue weighted by atomic mass is 79.9. The quantitative estimate of drug-likeness (QED) is 0.623. The third-order valence-electron chi connectivity index (χ3n) is 3.91. The Hall–Kier alpha value is -1.63. The molecule has 0 amide bonds. The number of benzene rings is 2. The fraction of sp³-hybridized carbons (Fsp3) is 0.400. The van der Waals surface area contributed by atoms with Gasteiger partial charge in [0.1, 0.15) is 12.4 Å². The minimum absolute atomic E-state index is 0.0345. The van der Waals surface area contributed by atoms with Crippen LogP contribution < -0.4 is 14.8 Å². The summed E-state index contributed by atoms with van der Waals surface area (Å²) in [7, 11) is 0. The van der Waals surface area contributed by atoms with Gasteiger partial charge in [0.25, 0.3) is 0 Å². The van der Waals surface area contributed by atoms with Crippen molar-refractivity contribution in [3.63, 3.8) is 0 Å². The van der Waals surface area contributed by atoms with Crippen LogP contribution in [0.15, 0.2) is 40.9 Å². The van der Waals surface area contributed by atoms with Crippen LogP contribution in [0.2, 0.25) is 0 Å². The Bertz CT molecular complexity index is 737. The van der Waals surface area contributed by atoms with Crippen molar-refractivity contribution in [1.29, 1.82) is 0 Å². The van der Waals surface area contributed by atoms with Crippen LogP contribution in [0.5, 0.6) is 11.5 Å². The molecule has 0 spiro atoms. The fourth-order valence-corrected chi connectivity index (χ4v) is 2.72. The van der Waals surface area contributed by atoms with Crippen molar-refractivity contribution in [3.8, 4) is 11.5 Å². The largest absolute Gasteiger partial charge is 0.490 e. The first-order valence-electron chi connectivity index (χ1n) is 8.53. The van der Waals surface area contributed by atoms with Crippen molar-refractivity contribution < 1.29 is 19.0 Å². The maximum atomic E-state index is 13.8. The first-order chi connectivity index (χ1) is 12.4. The van der Waals surface area contributed by atoms with Crippen molar-refractivity contribution in [3.05, 3.63) is 57.8 Å². The molecule has 0 saturated heterocycles. The number of nitrogens with one attached hydrogen (secondary N) is 1. The monoisotopic (exact) mass is 425 g/mol. The average Bonchev–Trinajstić information content (AvgIpc) is 2.62. The highest BCUT2D eigenvalue weighted by Gasteiger charge is 2.17. The molecule has 0 bridgehead atoms. The van der Waals surface area contributed by atoms with E-state index in [0.717, 1.165) is 10.0 Å². The van der Waals surface area contributed by atoms with Crippen LogP contribution in [0, 0.1) is 5.82 Å². The molecule has 0 atom stereocenters. The first-order valence-corrected chi connectivity index (χ1v) is 9.33. The van der Waals surface area contributed by atoms with Gasteiger partial charge in [-0.2, -0.15) is 0 Å². The van der Waals surface area contributed by atoms with Crippen molar-refractivity contribution in [1.82, 2.24) is 5.32 Å². The normalized spacial score (nSPS) is 11.5. The van der Waals surface area contributed by atoms with Crippen LogP contribution in [0.4, 0.5) is 4.39 Å². The maximum Gasteiger partial charge on any atom is 0.162 e. The molecule has 0 unspecified atom stereocenters. The zero-order valence-corrected chi connectivity index (χ0v) is 16.9. The van der Waals surface area contributed by atoms with Crippen LogP contribution in [-0.2, 0) is 13.2 Å². The second kappa shape index (κ2) is 9.35. The molecule has 142 valence electrons. The van der Waals surface area contributed by atoms with Crippen molar-refractivity contribution in [2.75, 3.05) is 13.2 Å². The summed E-state index contributed by atoms with van der Waals surface area (Å²) in [5, 5.41) is 12.7. The van der Waals surface area contributed by atoms with Gasteiger partial charge in [-0.25, -0.2) is 4.39 Å². The SMILES string of the molecule is CCOc1cc(CNC(C)(C)CO)c(Br)cc1OCc1ccccc1F. The Morgan fingerprint density at radius 3 is 2.46 bits per heavy atom. The molecule has 0 aliphatic rings. The van der Waals surface area contributed by atoms with Crippen LogP contribution in [0.25, 0.3) is 0 Å². The highest BCUT2D eigenvalue weighted by Crippen LogP contribution is 2.34. The van der Waals surface area contributed by atoms with Crippen LogP contribution in [-0.4, -0.2) is 23.9 Å². The van der Waals surface area contributed by atoms with E-state index in [0.29, 0.717) is 30.2 Å². The van der Waals surface area contributed by atoms with Gasteiger partial charge in [0.05, 0.1) is 13.2 Å².